The number of nitrogens with one attached hydrogen (secondary N) is 2. The zero-order valence-corrected chi connectivity index (χ0v) is 15.0. The highest BCUT2D eigenvalue weighted by molar-refractivity contribution is 7.92. The minimum Gasteiger partial charge on any atom is -0.340 e. The standard InChI is InChI=1S/C19H17F2N3O2S/c20-17-8-6-15(12-18(17)21)23-19-9-7-16(13-22-19)24-27(25,26)11-10-14-4-2-1-3-5-14/h1-9,12-13,24H,10-11H2,(H,22,23). The van der Waals surface area contributed by atoms with Gasteiger partial charge in [-0.1, -0.05) is 30.3 Å². The second-order valence-corrected chi connectivity index (χ2v) is 7.68. The topological polar surface area (TPSA) is 71.1 Å². The van der Waals surface area contributed by atoms with E-state index in [1.165, 1.54) is 24.4 Å². The summed E-state index contributed by atoms with van der Waals surface area (Å²) in [5, 5.41) is 2.81. The summed E-state index contributed by atoms with van der Waals surface area (Å²) in [6, 6.07) is 15.8. The van der Waals surface area contributed by atoms with Crippen molar-refractivity contribution in [2.75, 3.05) is 15.8 Å². The Kier molecular flexibility index (Phi) is 5.66. The molecule has 0 spiro atoms. The lowest BCUT2D eigenvalue weighted by Crippen LogP contribution is -2.18. The summed E-state index contributed by atoms with van der Waals surface area (Å²) >= 11 is 0. The first-order chi connectivity index (χ1) is 12.9. The van der Waals surface area contributed by atoms with E-state index in [0.29, 0.717) is 23.6 Å². The molecule has 0 aliphatic rings. The fourth-order valence-corrected chi connectivity index (χ4v) is 3.46. The lowest BCUT2D eigenvalue weighted by Gasteiger charge is -2.10. The minimum absolute atomic E-state index is 0.0497. The van der Waals surface area contributed by atoms with E-state index in [2.05, 4.69) is 15.0 Å². The quantitative estimate of drug-likeness (QED) is 0.639. The Labute approximate surface area is 156 Å². The van der Waals surface area contributed by atoms with Gasteiger partial charge in [0, 0.05) is 11.8 Å². The third-order valence-electron chi connectivity index (χ3n) is 3.73. The van der Waals surface area contributed by atoms with Crippen LogP contribution in [0.4, 0.5) is 26.0 Å². The van der Waals surface area contributed by atoms with Crippen LogP contribution in [-0.4, -0.2) is 19.2 Å². The number of pyridine rings is 1. The molecule has 0 atom stereocenters. The number of benzene rings is 2. The SMILES string of the molecule is O=S(=O)(CCc1ccccc1)Nc1ccc(Nc2ccc(F)c(F)c2)nc1. The molecule has 140 valence electrons. The van der Waals surface area contributed by atoms with Crippen LogP contribution in [0.15, 0.2) is 66.9 Å². The Morgan fingerprint density at radius 2 is 1.63 bits per heavy atom. The van der Waals surface area contributed by atoms with Crippen molar-refractivity contribution in [1.82, 2.24) is 4.98 Å². The minimum atomic E-state index is -3.52. The summed E-state index contributed by atoms with van der Waals surface area (Å²) in [6.07, 6.45) is 1.75. The van der Waals surface area contributed by atoms with Gasteiger partial charge in [0.15, 0.2) is 11.6 Å². The number of sulfonamides is 1. The molecule has 8 heteroatoms. The molecule has 0 radical (unpaired) electrons. The first-order valence-corrected chi connectivity index (χ1v) is 9.79. The number of nitrogens with zero attached hydrogens (tertiary/aromatic N) is 1. The normalized spacial score (nSPS) is 11.2. The maximum absolute atomic E-state index is 13.2. The van der Waals surface area contributed by atoms with Crippen molar-refractivity contribution in [3.63, 3.8) is 0 Å². The van der Waals surface area contributed by atoms with E-state index in [4.69, 9.17) is 0 Å². The molecule has 0 unspecified atom stereocenters. The van der Waals surface area contributed by atoms with Crippen LogP contribution < -0.4 is 10.0 Å². The zero-order valence-electron chi connectivity index (χ0n) is 14.2. The smallest absolute Gasteiger partial charge is 0.233 e. The van der Waals surface area contributed by atoms with Gasteiger partial charge in [0.2, 0.25) is 10.0 Å². The monoisotopic (exact) mass is 389 g/mol. The Morgan fingerprint density at radius 3 is 2.30 bits per heavy atom. The van der Waals surface area contributed by atoms with Gasteiger partial charge in [-0.3, -0.25) is 4.72 Å². The van der Waals surface area contributed by atoms with Crippen molar-refractivity contribution in [2.24, 2.45) is 0 Å². The van der Waals surface area contributed by atoms with E-state index >= 15 is 0 Å². The van der Waals surface area contributed by atoms with E-state index in [1.54, 1.807) is 0 Å². The molecule has 2 N–H and O–H groups in total. The van der Waals surface area contributed by atoms with E-state index in [0.717, 1.165) is 17.7 Å². The number of aryl methyl sites for hydroxylation is 1. The molecule has 1 heterocycles. The maximum atomic E-state index is 13.2. The molecule has 5 nitrogen and oxygen atoms in total. The number of aromatic nitrogens is 1. The number of hydrogen-bond acceptors (Lipinski definition) is 4. The second-order valence-electron chi connectivity index (χ2n) is 5.84. The van der Waals surface area contributed by atoms with Gasteiger partial charge in [-0.15, -0.1) is 0 Å². The summed E-state index contributed by atoms with van der Waals surface area (Å²) in [5.41, 5.74) is 1.59. The van der Waals surface area contributed by atoms with Gasteiger partial charge < -0.3 is 5.32 Å². The molecular formula is C19H17F2N3O2S. The van der Waals surface area contributed by atoms with Crippen molar-refractivity contribution in [2.45, 2.75) is 6.42 Å². The number of rotatable bonds is 7. The molecule has 0 bridgehead atoms. The average molecular weight is 389 g/mol. The first kappa shape index (κ1) is 18.8. The van der Waals surface area contributed by atoms with E-state index < -0.39 is 21.7 Å². The Hall–Kier alpha value is -3.00. The van der Waals surface area contributed by atoms with E-state index in [-0.39, 0.29) is 5.75 Å². The third-order valence-corrected chi connectivity index (χ3v) is 5.02. The average Bonchev–Trinajstić information content (AvgIpc) is 2.65. The van der Waals surface area contributed by atoms with Crippen molar-refractivity contribution in [1.29, 1.82) is 0 Å². The van der Waals surface area contributed by atoms with Crippen LogP contribution in [-0.2, 0) is 16.4 Å². The highest BCUT2D eigenvalue weighted by atomic mass is 32.2. The fourth-order valence-electron chi connectivity index (χ4n) is 2.38. The number of hydrogen-bond donors (Lipinski definition) is 2. The maximum Gasteiger partial charge on any atom is 0.233 e. The highest BCUT2D eigenvalue weighted by Gasteiger charge is 2.11. The van der Waals surface area contributed by atoms with Crippen LogP contribution in [0.5, 0.6) is 0 Å². The lowest BCUT2D eigenvalue weighted by molar-refractivity contribution is 0.509. The molecule has 2 aromatic carbocycles. The van der Waals surface area contributed by atoms with Crippen LogP contribution in [0.3, 0.4) is 0 Å². The summed E-state index contributed by atoms with van der Waals surface area (Å²) < 4.78 is 53.0. The van der Waals surface area contributed by atoms with Gasteiger partial charge in [-0.05, 0) is 36.2 Å². The van der Waals surface area contributed by atoms with Crippen LogP contribution in [0.25, 0.3) is 0 Å². The first-order valence-electron chi connectivity index (χ1n) is 8.14. The lowest BCUT2D eigenvalue weighted by atomic mass is 10.2. The summed E-state index contributed by atoms with van der Waals surface area (Å²) in [4.78, 5) is 4.07. The largest absolute Gasteiger partial charge is 0.340 e. The van der Waals surface area contributed by atoms with Gasteiger partial charge in [-0.2, -0.15) is 0 Å². The van der Waals surface area contributed by atoms with Crippen molar-refractivity contribution in [3.8, 4) is 0 Å². The van der Waals surface area contributed by atoms with Gasteiger partial charge in [0.05, 0.1) is 17.6 Å². The molecule has 3 rings (SSSR count). The van der Waals surface area contributed by atoms with Crippen LogP contribution in [0, 0.1) is 11.6 Å². The number of anilines is 3. The fraction of sp³-hybridized carbons (Fsp3) is 0.105. The summed E-state index contributed by atoms with van der Waals surface area (Å²) in [7, 11) is -3.52. The molecular weight excluding hydrogens is 372 g/mol. The van der Waals surface area contributed by atoms with Gasteiger partial charge in [-0.25, -0.2) is 22.2 Å². The predicted molar refractivity (Wildman–Crippen MR) is 101 cm³/mol. The Bertz CT molecular complexity index is 1010. The van der Waals surface area contributed by atoms with Crippen LogP contribution in [0.1, 0.15) is 5.56 Å². The van der Waals surface area contributed by atoms with E-state index in [1.807, 2.05) is 30.3 Å². The molecule has 0 aliphatic heterocycles. The molecule has 0 fully saturated rings. The molecule has 27 heavy (non-hydrogen) atoms. The molecule has 3 aromatic rings. The Morgan fingerprint density at radius 1 is 0.889 bits per heavy atom. The third kappa shape index (κ3) is 5.49. The Balaban J connectivity index is 1.60. The van der Waals surface area contributed by atoms with Crippen molar-refractivity contribution in [3.05, 3.63) is 84.1 Å². The number of halogens is 2. The van der Waals surface area contributed by atoms with Gasteiger partial charge in [0.1, 0.15) is 5.82 Å². The molecule has 0 aliphatic carbocycles. The highest BCUT2D eigenvalue weighted by Crippen LogP contribution is 2.19. The van der Waals surface area contributed by atoms with Crippen molar-refractivity contribution >= 4 is 27.2 Å². The zero-order chi connectivity index (χ0) is 19.3. The molecule has 0 saturated heterocycles. The molecule has 0 amide bonds. The van der Waals surface area contributed by atoms with Gasteiger partial charge in [0.25, 0.3) is 0 Å². The van der Waals surface area contributed by atoms with Crippen LogP contribution >= 0.6 is 0 Å². The molecule has 1 aromatic heterocycles. The summed E-state index contributed by atoms with van der Waals surface area (Å²) in [5.74, 6) is -1.59. The van der Waals surface area contributed by atoms with Crippen molar-refractivity contribution < 1.29 is 17.2 Å². The van der Waals surface area contributed by atoms with E-state index in [9.17, 15) is 17.2 Å². The molecule has 0 saturated carbocycles. The van der Waals surface area contributed by atoms with Crippen LogP contribution in [0.2, 0.25) is 0 Å². The van der Waals surface area contributed by atoms with Gasteiger partial charge >= 0.3 is 0 Å². The summed E-state index contributed by atoms with van der Waals surface area (Å²) in [6.45, 7) is 0. The second kappa shape index (κ2) is 8.13. The predicted octanol–water partition coefficient (Wildman–Crippen LogP) is 4.09.